The number of carbonyl (C=O) groups is 2. The molecular weight excluding hydrogens is 248 g/mol. The van der Waals surface area contributed by atoms with Gasteiger partial charge in [0.15, 0.2) is 0 Å². The number of imide groups is 1. The summed E-state index contributed by atoms with van der Waals surface area (Å²) < 4.78 is 0.974. The highest BCUT2D eigenvalue weighted by Crippen LogP contribution is 2.34. The van der Waals surface area contributed by atoms with Crippen molar-refractivity contribution in [1.29, 1.82) is 0 Å². The molecule has 0 bridgehead atoms. The van der Waals surface area contributed by atoms with Gasteiger partial charge < -0.3 is 4.90 Å². The third-order valence-electron chi connectivity index (χ3n) is 3.35. The quantitative estimate of drug-likeness (QED) is 0.740. The van der Waals surface area contributed by atoms with Gasteiger partial charge in [0.05, 0.1) is 10.4 Å². The van der Waals surface area contributed by atoms with Gasteiger partial charge in [-0.2, -0.15) is 0 Å². The molecule has 1 fully saturated rings. The number of amides is 3. The molecule has 1 atom stereocenters. The maximum absolute atomic E-state index is 12.2. The van der Waals surface area contributed by atoms with Crippen LogP contribution >= 0.6 is 11.3 Å². The molecule has 0 saturated carbocycles. The number of urea groups is 1. The normalized spacial score (nSPS) is 20.2. The minimum atomic E-state index is -0.396. The van der Waals surface area contributed by atoms with Crippen LogP contribution in [0.3, 0.4) is 0 Å². The van der Waals surface area contributed by atoms with Crippen molar-refractivity contribution in [3.05, 3.63) is 29.6 Å². The molecular formula is C13H12N2O2S. The second kappa shape index (κ2) is 3.81. The van der Waals surface area contributed by atoms with E-state index in [1.807, 2.05) is 29.6 Å². The number of benzene rings is 1. The lowest BCUT2D eigenvalue weighted by Crippen LogP contribution is -2.31. The summed E-state index contributed by atoms with van der Waals surface area (Å²) in [6, 6.07) is 7.00. The lowest BCUT2D eigenvalue weighted by atomic mass is 10.2. The fraction of sp³-hybridized carbons (Fsp3) is 0.231. The van der Waals surface area contributed by atoms with Gasteiger partial charge in [0.25, 0.3) is 5.91 Å². The number of anilines is 1. The molecule has 2 heterocycles. The maximum atomic E-state index is 12.2. The van der Waals surface area contributed by atoms with Crippen molar-refractivity contribution in [3.8, 4) is 0 Å². The summed E-state index contributed by atoms with van der Waals surface area (Å²) in [5, 5.41) is 3.02. The minimum absolute atomic E-state index is 0.164. The van der Waals surface area contributed by atoms with Gasteiger partial charge in [-0.25, -0.2) is 9.69 Å². The first-order chi connectivity index (χ1) is 8.61. The van der Waals surface area contributed by atoms with Gasteiger partial charge in [0.2, 0.25) is 0 Å². The molecule has 92 valence electrons. The summed E-state index contributed by atoms with van der Waals surface area (Å²) in [5.41, 5.74) is 0.689. The number of carbonyl (C=O) groups excluding carboxylic acids is 2. The van der Waals surface area contributed by atoms with Crippen molar-refractivity contribution in [3.63, 3.8) is 0 Å². The fourth-order valence-corrected chi connectivity index (χ4v) is 3.05. The van der Waals surface area contributed by atoms with E-state index in [9.17, 15) is 9.59 Å². The molecule has 4 nitrogen and oxygen atoms in total. The Kier molecular flexibility index (Phi) is 2.38. The molecule has 0 spiro atoms. The van der Waals surface area contributed by atoms with Crippen LogP contribution in [0.25, 0.3) is 10.1 Å². The Morgan fingerprint density at radius 3 is 2.67 bits per heavy atom. The first kappa shape index (κ1) is 11.2. The van der Waals surface area contributed by atoms with Gasteiger partial charge in [-0.15, -0.1) is 11.3 Å². The van der Waals surface area contributed by atoms with Crippen LogP contribution in [0.5, 0.6) is 0 Å². The summed E-state index contributed by atoms with van der Waals surface area (Å²) in [6.07, 6.45) is 0. The van der Waals surface area contributed by atoms with Crippen molar-refractivity contribution < 1.29 is 9.59 Å². The number of thiophene rings is 1. The second-order valence-corrected chi connectivity index (χ2v) is 5.28. The first-order valence-electron chi connectivity index (χ1n) is 5.68. The highest BCUT2D eigenvalue weighted by molar-refractivity contribution is 7.17. The number of likely N-dealkylation sites (N-methyl/N-ethyl adjacent to an activating group) is 1. The summed E-state index contributed by atoms with van der Waals surface area (Å²) in [4.78, 5) is 27.0. The Balaban J connectivity index is 2.18. The molecule has 3 amide bonds. The van der Waals surface area contributed by atoms with E-state index in [2.05, 4.69) is 0 Å². The van der Waals surface area contributed by atoms with Crippen LogP contribution in [-0.2, 0) is 4.79 Å². The molecule has 1 aromatic heterocycles. The maximum Gasteiger partial charge on any atom is 0.331 e. The SMILES string of the molecule is CC1C(=O)N(c2cccc3ccsc23)C(=O)N1C. The number of hydrogen-bond acceptors (Lipinski definition) is 3. The van der Waals surface area contributed by atoms with Crippen molar-refractivity contribution in [2.24, 2.45) is 0 Å². The molecule has 18 heavy (non-hydrogen) atoms. The Bertz CT molecular complexity index is 629. The van der Waals surface area contributed by atoms with Crippen LogP contribution in [0.15, 0.2) is 29.6 Å². The second-order valence-electron chi connectivity index (χ2n) is 4.36. The van der Waals surface area contributed by atoms with E-state index in [4.69, 9.17) is 0 Å². The topological polar surface area (TPSA) is 40.6 Å². The Morgan fingerprint density at radius 1 is 1.22 bits per heavy atom. The van der Waals surface area contributed by atoms with Crippen LogP contribution in [0.2, 0.25) is 0 Å². The zero-order valence-corrected chi connectivity index (χ0v) is 10.9. The summed E-state index contributed by atoms with van der Waals surface area (Å²) in [6.45, 7) is 1.74. The van der Waals surface area contributed by atoms with Crippen molar-refractivity contribution in [2.45, 2.75) is 13.0 Å². The third kappa shape index (κ3) is 1.37. The van der Waals surface area contributed by atoms with E-state index in [1.54, 1.807) is 25.3 Å². The summed E-state index contributed by atoms with van der Waals surface area (Å²) in [7, 11) is 1.65. The van der Waals surface area contributed by atoms with E-state index in [0.717, 1.165) is 10.1 Å². The average Bonchev–Trinajstić information content (AvgIpc) is 2.91. The van der Waals surface area contributed by atoms with Gasteiger partial charge in [0.1, 0.15) is 6.04 Å². The monoisotopic (exact) mass is 260 g/mol. The standard InChI is InChI=1S/C13H12N2O2S/c1-8-12(16)15(13(17)14(8)2)10-5-3-4-9-6-7-18-11(9)10/h3-8H,1-2H3. The highest BCUT2D eigenvalue weighted by atomic mass is 32.1. The highest BCUT2D eigenvalue weighted by Gasteiger charge is 2.41. The summed E-state index contributed by atoms with van der Waals surface area (Å²) in [5.74, 6) is -0.164. The van der Waals surface area contributed by atoms with E-state index in [-0.39, 0.29) is 11.9 Å². The van der Waals surface area contributed by atoms with Gasteiger partial charge in [-0.1, -0.05) is 12.1 Å². The van der Waals surface area contributed by atoms with Crippen LogP contribution < -0.4 is 4.90 Å². The molecule has 5 heteroatoms. The Morgan fingerprint density at radius 2 is 2.00 bits per heavy atom. The molecule has 0 N–H and O–H groups in total. The zero-order chi connectivity index (χ0) is 12.9. The fourth-order valence-electron chi connectivity index (χ4n) is 2.15. The molecule has 0 aliphatic carbocycles. The zero-order valence-electron chi connectivity index (χ0n) is 10.1. The number of nitrogens with zero attached hydrogens (tertiary/aromatic N) is 2. The van der Waals surface area contributed by atoms with Crippen molar-refractivity contribution >= 4 is 39.0 Å². The number of hydrogen-bond donors (Lipinski definition) is 0. The smallest absolute Gasteiger partial charge is 0.315 e. The van der Waals surface area contributed by atoms with Crippen LogP contribution in [0.4, 0.5) is 10.5 Å². The number of rotatable bonds is 1. The number of fused-ring (bicyclic) bond motifs is 1. The molecule has 1 unspecified atom stereocenters. The minimum Gasteiger partial charge on any atom is -0.315 e. The largest absolute Gasteiger partial charge is 0.331 e. The molecule has 1 aliphatic rings. The third-order valence-corrected chi connectivity index (χ3v) is 4.30. The lowest BCUT2D eigenvalue weighted by Gasteiger charge is -2.14. The van der Waals surface area contributed by atoms with Gasteiger partial charge >= 0.3 is 6.03 Å². The van der Waals surface area contributed by atoms with Crippen LogP contribution in [-0.4, -0.2) is 29.9 Å². The molecule has 2 aromatic rings. The molecule has 1 aliphatic heterocycles. The van der Waals surface area contributed by atoms with E-state index in [1.165, 1.54) is 9.80 Å². The van der Waals surface area contributed by atoms with Crippen LogP contribution in [0, 0.1) is 0 Å². The van der Waals surface area contributed by atoms with E-state index < -0.39 is 6.04 Å². The van der Waals surface area contributed by atoms with Crippen molar-refractivity contribution in [2.75, 3.05) is 11.9 Å². The Labute approximate surface area is 108 Å². The van der Waals surface area contributed by atoms with E-state index in [0.29, 0.717) is 5.69 Å². The van der Waals surface area contributed by atoms with Gasteiger partial charge in [-0.3, -0.25) is 4.79 Å². The molecule has 1 aromatic carbocycles. The summed E-state index contributed by atoms with van der Waals surface area (Å²) >= 11 is 1.54. The molecule has 3 rings (SSSR count). The van der Waals surface area contributed by atoms with Crippen LogP contribution in [0.1, 0.15) is 6.92 Å². The predicted molar refractivity (Wildman–Crippen MR) is 71.9 cm³/mol. The average molecular weight is 260 g/mol. The van der Waals surface area contributed by atoms with E-state index >= 15 is 0 Å². The van der Waals surface area contributed by atoms with Gasteiger partial charge in [0, 0.05) is 7.05 Å². The van der Waals surface area contributed by atoms with Crippen molar-refractivity contribution in [1.82, 2.24) is 4.90 Å². The molecule has 0 radical (unpaired) electrons. The first-order valence-corrected chi connectivity index (χ1v) is 6.56. The Hall–Kier alpha value is -1.88. The predicted octanol–water partition coefficient (Wildman–Crippen LogP) is 2.69. The van der Waals surface area contributed by atoms with Gasteiger partial charge in [-0.05, 0) is 29.8 Å². The molecule has 1 saturated heterocycles. The lowest BCUT2D eigenvalue weighted by molar-refractivity contribution is -0.119.